The second-order valence-corrected chi connectivity index (χ2v) is 7.42. The highest BCUT2D eigenvalue weighted by Crippen LogP contribution is 2.25. The summed E-state index contributed by atoms with van der Waals surface area (Å²) in [5.41, 5.74) is 1.49. The predicted molar refractivity (Wildman–Crippen MR) is 102 cm³/mol. The summed E-state index contributed by atoms with van der Waals surface area (Å²) in [5, 5.41) is 10.9. The molecule has 1 amide bonds. The maximum atomic E-state index is 12.3. The normalized spacial score (nSPS) is 12.0. The van der Waals surface area contributed by atoms with Gasteiger partial charge in [0.2, 0.25) is 11.1 Å². The van der Waals surface area contributed by atoms with Gasteiger partial charge in [0.05, 0.1) is 5.25 Å². The van der Waals surface area contributed by atoms with E-state index in [1.54, 1.807) is 25.1 Å². The molecule has 0 radical (unpaired) electrons. The zero-order chi connectivity index (χ0) is 17.8. The largest absolute Gasteiger partial charge is 0.325 e. The van der Waals surface area contributed by atoms with E-state index in [0.29, 0.717) is 26.7 Å². The molecule has 0 aliphatic heterocycles. The first-order valence-electron chi connectivity index (χ1n) is 7.43. The minimum Gasteiger partial charge on any atom is -0.325 e. The van der Waals surface area contributed by atoms with E-state index >= 15 is 0 Å². The third-order valence-electron chi connectivity index (χ3n) is 3.29. The molecule has 0 saturated carbocycles. The van der Waals surface area contributed by atoms with E-state index in [2.05, 4.69) is 20.5 Å². The van der Waals surface area contributed by atoms with Crippen LogP contribution in [0.25, 0.3) is 11.4 Å². The molecule has 0 spiro atoms. The van der Waals surface area contributed by atoms with E-state index in [-0.39, 0.29) is 5.91 Å². The third kappa shape index (κ3) is 4.75. The molecule has 0 unspecified atom stereocenters. The lowest BCUT2D eigenvalue weighted by atomic mass is 10.2. The molecular weight excluding hydrogens is 379 g/mol. The summed E-state index contributed by atoms with van der Waals surface area (Å²) < 4.78 is 0. The summed E-state index contributed by atoms with van der Waals surface area (Å²) in [6.45, 7) is 1.78. The Morgan fingerprint density at radius 1 is 1.16 bits per heavy atom. The van der Waals surface area contributed by atoms with E-state index in [1.807, 2.05) is 30.3 Å². The molecule has 1 aromatic heterocycles. The van der Waals surface area contributed by atoms with Gasteiger partial charge in [-0.15, -0.1) is 5.10 Å². The number of carbonyl (C=O) groups excluding carboxylic acids is 1. The minimum atomic E-state index is -0.391. The number of nitrogens with zero attached hydrogens (tertiary/aromatic N) is 2. The van der Waals surface area contributed by atoms with Crippen molar-refractivity contribution in [3.05, 3.63) is 58.6 Å². The summed E-state index contributed by atoms with van der Waals surface area (Å²) in [7, 11) is 0. The van der Waals surface area contributed by atoms with Gasteiger partial charge in [0, 0.05) is 21.3 Å². The average molecular weight is 393 g/mol. The van der Waals surface area contributed by atoms with Crippen LogP contribution in [-0.2, 0) is 4.79 Å². The quantitative estimate of drug-likeness (QED) is 0.605. The van der Waals surface area contributed by atoms with Crippen molar-refractivity contribution in [1.29, 1.82) is 0 Å². The van der Waals surface area contributed by atoms with Gasteiger partial charge in [-0.3, -0.25) is 9.89 Å². The van der Waals surface area contributed by atoms with Crippen LogP contribution in [0.3, 0.4) is 0 Å². The Morgan fingerprint density at radius 2 is 1.84 bits per heavy atom. The number of H-pyrrole nitrogens is 1. The zero-order valence-corrected chi connectivity index (χ0v) is 15.5. The number of aromatic nitrogens is 3. The Labute approximate surface area is 159 Å². The van der Waals surface area contributed by atoms with Gasteiger partial charge in [0.1, 0.15) is 0 Å². The van der Waals surface area contributed by atoms with Crippen molar-refractivity contribution in [2.45, 2.75) is 17.3 Å². The second kappa shape index (κ2) is 7.91. The van der Waals surface area contributed by atoms with Crippen LogP contribution in [0.5, 0.6) is 0 Å². The van der Waals surface area contributed by atoms with Crippen LogP contribution < -0.4 is 5.32 Å². The molecular formula is C17H14Cl2N4OS. The Hall–Kier alpha value is -2.02. The molecule has 3 rings (SSSR count). The van der Waals surface area contributed by atoms with Crippen molar-refractivity contribution in [3.63, 3.8) is 0 Å². The standard InChI is InChI=1S/C17H14Cl2N4OS/c1-10(16(24)20-14-8-12(18)7-13(19)9-14)25-17-21-15(22-23-17)11-5-3-2-4-6-11/h2-10H,1H3,(H,20,24)(H,21,22,23)/t10-/m0/s1. The molecule has 2 aromatic carbocycles. The fourth-order valence-electron chi connectivity index (χ4n) is 2.11. The monoisotopic (exact) mass is 392 g/mol. The molecule has 1 heterocycles. The number of nitrogens with one attached hydrogen (secondary N) is 2. The first-order chi connectivity index (χ1) is 12.0. The minimum absolute atomic E-state index is 0.186. The lowest BCUT2D eigenvalue weighted by Gasteiger charge is -2.10. The maximum Gasteiger partial charge on any atom is 0.237 e. The molecule has 0 aliphatic carbocycles. The van der Waals surface area contributed by atoms with Crippen molar-refractivity contribution in [3.8, 4) is 11.4 Å². The number of benzene rings is 2. The Kier molecular flexibility index (Phi) is 5.63. The molecule has 8 heteroatoms. The van der Waals surface area contributed by atoms with Gasteiger partial charge in [0.15, 0.2) is 5.82 Å². The Bertz CT molecular complexity index is 865. The highest BCUT2D eigenvalue weighted by atomic mass is 35.5. The van der Waals surface area contributed by atoms with Crippen LogP contribution in [0, 0.1) is 0 Å². The van der Waals surface area contributed by atoms with E-state index in [4.69, 9.17) is 23.2 Å². The Morgan fingerprint density at radius 3 is 2.52 bits per heavy atom. The van der Waals surface area contributed by atoms with E-state index in [1.165, 1.54) is 11.8 Å². The molecule has 2 N–H and O–H groups in total. The van der Waals surface area contributed by atoms with E-state index < -0.39 is 5.25 Å². The van der Waals surface area contributed by atoms with Crippen LogP contribution in [0.4, 0.5) is 5.69 Å². The van der Waals surface area contributed by atoms with Crippen LogP contribution in [0.15, 0.2) is 53.7 Å². The molecule has 0 aliphatic rings. The molecule has 3 aromatic rings. The number of anilines is 1. The van der Waals surface area contributed by atoms with E-state index in [9.17, 15) is 4.79 Å². The van der Waals surface area contributed by atoms with Crippen molar-refractivity contribution < 1.29 is 4.79 Å². The van der Waals surface area contributed by atoms with Gasteiger partial charge in [-0.2, -0.15) is 0 Å². The number of rotatable bonds is 5. The first kappa shape index (κ1) is 17.8. The molecule has 0 saturated heterocycles. The number of halogens is 2. The van der Waals surface area contributed by atoms with Gasteiger partial charge in [-0.05, 0) is 25.1 Å². The highest BCUT2D eigenvalue weighted by Gasteiger charge is 2.18. The summed E-state index contributed by atoms with van der Waals surface area (Å²) in [4.78, 5) is 16.7. The number of hydrogen-bond donors (Lipinski definition) is 2. The van der Waals surface area contributed by atoms with Crippen LogP contribution in [0.2, 0.25) is 10.0 Å². The molecule has 25 heavy (non-hydrogen) atoms. The fourth-order valence-corrected chi connectivity index (χ4v) is 3.36. The lowest BCUT2D eigenvalue weighted by molar-refractivity contribution is -0.115. The summed E-state index contributed by atoms with van der Waals surface area (Å²) in [6.07, 6.45) is 0. The third-order valence-corrected chi connectivity index (χ3v) is 4.69. The topological polar surface area (TPSA) is 70.7 Å². The smallest absolute Gasteiger partial charge is 0.237 e. The molecule has 0 fully saturated rings. The predicted octanol–water partition coefficient (Wildman–Crippen LogP) is 4.90. The Balaban J connectivity index is 1.64. The van der Waals surface area contributed by atoms with E-state index in [0.717, 1.165) is 5.56 Å². The molecule has 0 bridgehead atoms. The molecule has 1 atom stereocenters. The lowest BCUT2D eigenvalue weighted by Crippen LogP contribution is -2.22. The highest BCUT2D eigenvalue weighted by molar-refractivity contribution is 8.00. The van der Waals surface area contributed by atoms with Crippen molar-refractivity contribution in [2.75, 3.05) is 5.32 Å². The first-order valence-corrected chi connectivity index (χ1v) is 9.06. The second-order valence-electron chi connectivity index (χ2n) is 5.24. The van der Waals surface area contributed by atoms with Crippen molar-refractivity contribution in [2.24, 2.45) is 0 Å². The number of hydrogen-bond acceptors (Lipinski definition) is 4. The SMILES string of the molecule is C[C@H](Sc1n[nH]c(-c2ccccc2)n1)C(=O)Nc1cc(Cl)cc(Cl)c1. The van der Waals surface area contributed by atoms with Crippen molar-refractivity contribution >= 4 is 46.6 Å². The van der Waals surface area contributed by atoms with Crippen LogP contribution in [-0.4, -0.2) is 26.3 Å². The van der Waals surface area contributed by atoms with Gasteiger partial charge >= 0.3 is 0 Å². The van der Waals surface area contributed by atoms with Gasteiger partial charge in [-0.1, -0.05) is 65.3 Å². The van der Waals surface area contributed by atoms with Crippen LogP contribution >= 0.6 is 35.0 Å². The summed E-state index contributed by atoms with van der Waals surface area (Å²) in [5.74, 6) is 0.478. The number of thioether (sulfide) groups is 1. The zero-order valence-electron chi connectivity index (χ0n) is 13.2. The maximum absolute atomic E-state index is 12.3. The fraction of sp³-hybridized carbons (Fsp3) is 0.118. The van der Waals surface area contributed by atoms with Crippen LogP contribution in [0.1, 0.15) is 6.92 Å². The summed E-state index contributed by atoms with van der Waals surface area (Å²) >= 11 is 13.1. The number of aromatic amines is 1. The number of carbonyl (C=O) groups is 1. The average Bonchev–Trinajstić information content (AvgIpc) is 3.03. The van der Waals surface area contributed by atoms with Gasteiger partial charge < -0.3 is 5.32 Å². The van der Waals surface area contributed by atoms with Gasteiger partial charge in [-0.25, -0.2) is 4.98 Å². The van der Waals surface area contributed by atoms with Gasteiger partial charge in [0.25, 0.3) is 0 Å². The molecule has 128 valence electrons. The summed E-state index contributed by atoms with van der Waals surface area (Å²) in [6, 6.07) is 14.6. The number of amides is 1. The van der Waals surface area contributed by atoms with Crippen molar-refractivity contribution in [1.82, 2.24) is 15.2 Å². The molecule has 5 nitrogen and oxygen atoms in total.